The summed E-state index contributed by atoms with van der Waals surface area (Å²) in [6.07, 6.45) is -0.894. The van der Waals surface area contributed by atoms with Crippen LogP contribution in [-0.4, -0.2) is 47.6 Å². The van der Waals surface area contributed by atoms with Crippen LogP contribution >= 0.6 is 0 Å². The maximum atomic E-state index is 11.5. The van der Waals surface area contributed by atoms with Gasteiger partial charge in [0, 0.05) is 13.0 Å². The number of esters is 1. The van der Waals surface area contributed by atoms with Gasteiger partial charge in [-0.25, -0.2) is 9.59 Å². The highest BCUT2D eigenvalue weighted by Crippen LogP contribution is 2.06. The van der Waals surface area contributed by atoms with E-state index in [1.54, 1.807) is 20.8 Å². The Balaban J connectivity index is 4.22. The number of rotatable bonds is 5. The summed E-state index contributed by atoms with van der Waals surface area (Å²) in [6.45, 7) is 5.05. The van der Waals surface area contributed by atoms with Crippen molar-refractivity contribution in [1.29, 1.82) is 0 Å². The van der Waals surface area contributed by atoms with Gasteiger partial charge in [-0.2, -0.15) is 4.79 Å². The molecule has 0 saturated heterocycles. The van der Waals surface area contributed by atoms with E-state index in [4.69, 9.17) is 10.3 Å². The van der Waals surface area contributed by atoms with E-state index >= 15 is 0 Å². The van der Waals surface area contributed by atoms with Gasteiger partial charge >= 0.3 is 17.8 Å². The standard InChI is InChI=1S/C11H17N3O5/c1-11(2,3)19-10(17)13-6-5-7(15)8(14-12)9(16)18-4/h5-6H2,1-4H3,(H,13,17). The molecule has 0 fully saturated rings. The van der Waals surface area contributed by atoms with Crippen LogP contribution in [0.25, 0.3) is 5.53 Å². The Hall–Kier alpha value is -2.21. The molecule has 0 bridgehead atoms. The van der Waals surface area contributed by atoms with E-state index in [0.717, 1.165) is 7.11 Å². The number of ketones is 1. The van der Waals surface area contributed by atoms with E-state index in [2.05, 4.69) is 14.8 Å². The van der Waals surface area contributed by atoms with Gasteiger partial charge in [0.1, 0.15) is 5.60 Å². The number of amides is 1. The molecule has 0 aromatic heterocycles. The highest BCUT2D eigenvalue weighted by Gasteiger charge is 2.29. The normalized spacial score (nSPS) is 10.1. The third-order valence-corrected chi connectivity index (χ3v) is 1.76. The Kier molecular flexibility index (Phi) is 6.43. The van der Waals surface area contributed by atoms with E-state index in [1.165, 1.54) is 0 Å². The molecule has 0 atom stereocenters. The predicted molar refractivity (Wildman–Crippen MR) is 64.5 cm³/mol. The van der Waals surface area contributed by atoms with Crippen LogP contribution in [0.4, 0.5) is 4.79 Å². The van der Waals surface area contributed by atoms with E-state index in [1.807, 2.05) is 0 Å². The first-order valence-electron chi connectivity index (χ1n) is 5.51. The van der Waals surface area contributed by atoms with Crippen LogP contribution in [0.3, 0.4) is 0 Å². The molecule has 1 amide bonds. The fraction of sp³-hybridized carbons (Fsp3) is 0.636. The zero-order valence-corrected chi connectivity index (χ0v) is 11.3. The van der Waals surface area contributed by atoms with Crippen molar-refractivity contribution in [2.75, 3.05) is 13.7 Å². The smallest absolute Gasteiger partial charge is 0.441 e. The van der Waals surface area contributed by atoms with Gasteiger partial charge in [0.05, 0.1) is 7.11 Å². The van der Waals surface area contributed by atoms with Crippen molar-refractivity contribution < 1.29 is 28.6 Å². The fourth-order valence-corrected chi connectivity index (χ4v) is 1.02. The molecule has 0 saturated carbocycles. The zero-order valence-electron chi connectivity index (χ0n) is 11.3. The predicted octanol–water partition coefficient (Wildman–Crippen LogP) is 0.314. The van der Waals surface area contributed by atoms with Crippen LogP contribution in [-0.2, 0) is 19.1 Å². The van der Waals surface area contributed by atoms with Crippen molar-refractivity contribution in [2.45, 2.75) is 32.8 Å². The number of nitrogens with zero attached hydrogens (tertiary/aromatic N) is 2. The Morgan fingerprint density at radius 3 is 2.26 bits per heavy atom. The Bertz CT molecular complexity index is 419. The first kappa shape index (κ1) is 16.8. The molecule has 106 valence electrons. The number of carbonyl (C=O) groups excluding carboxylic acids is 3. The maximum absolute atomic E-state index is 11.5. The molecule has 8 heteroatoms. The summed E-state index contributed by atoms with van der Waals surface area (Å²) in [6, 6.07) is 0. The van der Waals surface area contributed by atoms with Gasteiger partial charge in [0.15, 0.2) is 0 Å². The largest absolute Gasteiger partial charge is 0.460 e. The lowest BCUT2D eigenvalue weighted by atomic mass is 10.2. The first-order chi connectivity index (χ1) is 8.71. The van der Waals surface area contributed by atoms with Crippen LogP contribution < -0.4 is 5.32 Å². The number of hydrogen-bond acceptors (Lipinski definition) is 5. The van der Waals surface area contributed by atoms with Crippen molar-refractivity contribution in [3.63, 3.8) is 0 Å². The lowest BCUT2D eigenvalue weighted by Gasteiger charge is -2.19. The van der Waals surface area contributed by atoms with Crippen molar-refractivity contribution in [2.24, 2.45) is 0 Å². The number of Topliss-reactive ketones (excluding diaryl/α,β-unsaturated/α-hetero) is 1. The molecule has 0 aliphatic rings. The van der Waals surface area contributed by atoms with Gasteiger partial charge < -0.3 is 20.3 Å². The molecule has 8 nitrogen and oxygen atoms in total. The highest BCUT2D eigenvalue weighted by molar-refractivity contribution is 6.62. The lowest BCUT2D eigenvalue weighted by molar-refractivity contribution is -0.139. The number of nitrogens with one attached hydrogen (secondary N) is 1. The van der Waals surface area contributed by atoms with E-state index in [0.29, 0.717) is 0 Å². The number of hydrogen-bond donors (Lipinski definition) is 1. The van der Waals surface area contributed by atoms with Gasteiger partial charge in [0.25, 0.3) is 5.78 Å². The van der Waals surface area contributed by atoms with Crippen LogP contribution in [0.5, 0.6) is 0 Å². The third kappa shape index (κ3) is 6.95. The number of methoxy groups -OCH3 is 1. The van der Waals surface area contributed by atoms with Gasteiger partial charge in [-0.05, 0) is 20.8 Å². The topological polar surface area (TPSA) is 118 Å². The van der Waals surface area contributed by atoms with E-state index in [-0.39, 0.29) is 13.0 Å². The second kappa shape index (κ2) is 7.27. The molecule has 0 aromatic rings. The zero-order chi connectivity index (χ0) is 15.1. The van der Waals surface area contributed by atoms with Crippen molar-refractivity contribution in [3.05, 3.63) is 5.53 Å². The number of carbonyl (C=O) groups is 3. The summed E-state index contributed by atoms with van der Waals surface area (Å²) in [7, 11) is 1.06. The third-order valence-electron chi connectivity index (χ3n) is 1.76. The van der Waals surface area contributed by atoms with Crippen LogP contribution in [0.1, 0.15) is 27.2 Å². The molecule has 0 unspecified atom stereocenters. The first-order valence-corrected chi connectivity index (χ1v) is 5.51. The Labute approximate surface area is 110 Å². The van der Waals surface area contributed by atoms with Gasteiger partial charge in [-0.15, -0.1) is 0 Å². The molecule has 0 aromatic carbocycles. The van der Waals surface area contributed by atoms with Crippen molar-refractivity contribution >= 4 is 23.6 Å². The molecule has 0 aliphatic heterocycles. The molecule has 0 radical (unpaired) electrons. The number of alkyl carbamates (subject to hydrolysis) is 1. The molecule has 0 aliphatic carbocycles. The molecule has 1 N–H and O–H groups in total. The summed E-state index contributed by atoms with van der Waals surface area (Å²) >= 11 is 0. The lowest BCUT2D eigenvalue weighted by Crippen LogP contribution is -2.35. The quantitative estimate of drug-likeness (QED) is 0.254. The van der Waals surface area contributed by atoms with E-state index in [9.17, 15) is 14.4 Å². The molecule has 0 rings (SSSR count). The minimum absolute atomic E-state index is 0.0518. The molecule has 19 heavy (non-hydrogen) atoms. The van der Waals surface area contributed by atoms with Gasteiger partial charge in [0.2, 0.25) is 0 Å². The summed E-state index contributed by atoms with van der Waals surface area (Å²) < 4.78 is 9.20. The van der Waals surface area contributed by atoms with Crippen LogP contribution in [0, 0.1) is 0 Å². The molecular formula is C11H17N3O5. The van der Waals surface area contributed by atoms with Gasteiger partial charge in [-0.3, -0.25) is 4.79 Å². The Morgan fingerprint density at radius 1 is 1.26 bits per heavy atom. The molecular weight excluding hydrogens is 254 g/mol. The second-order valence-electron chi connectivity index (χ2n) is 4.54. The minimum atomic E-state index is -1.04. The monoisotopic (exact) mass is 271 g/mol. The van der Waals surface area contributed by atoms with Crippen molar-refractivity contribution in [1.82, 2.24) is 5.32 Å². The summed E-state index contributed by atoms with van der Waals surface area (Å²) in [5, 5.41) is 2.34. The van der Waals surface area contributed by atoms with Crippen molar-refractivity contribution in [3.8, 4) is 0 Å². The summed E-state index contributed by atoms with van der Waals surface area (Å²) in [5.74, 6) is -1.78. The van der Waals surface area contributed by atoms with E-state index < -0.39 is 29.2 Å². The fourth-order valence-electron chi connectivity index (χ4n) is 1.02. The summed E-state index contributed by atoms with van der Waals surface area (Å²) in [4.78, 5) is 36.3. The average molecular weight is 271 g/mol. The Morgan fingerprint density at radius 2 is 1.84 bits per heavy atom. The second-order valence-corrected chi connectivity index (χ2v) is 4.54. The number of ether oxygens (including phenoxy) is 2. The molecule has 0 heterocycles. The average Bonchev–Trinajstić information content (AvgIpc) is 2.27. The highest BCUT2D eigenvalue weighted by atomic mass is 16.6. The summed E-state index contributed by atoms with van der Waals surface area (Å²) in [5.41, 5.74) is 7.16. The van der Waals surface area contributed by atoms with Crippen LogP contribution in [0.15, 0.2) is 0 Å². The maximum Gasteiger partial charge on any atom is 0.441 e. The van der Waals surface area contributed by atoms with Gasteiger partial charge in [-0.1, -0.05) is 0 Å². The van der Waals surface area contributed by atoms with Crippen LogP contribution in [0.2, 0.25) is 0 Å². The SMILES string of the molecule is COC(=O)C(=[N+]=[N-])C(=O)CCNC(=O)OC(C)(C)C. The minimum Gasteiger partial charge on any atom is -0.460 e. The molecule has 0 spiro atoms.